The first-order valence-corrected chi connectivity index (χ1v) is 5.90. The highest BCUT2D eigenvalue weighted by molar-refractivity contribution is 7.99. The molecule has 0 aliphatic heterocycles. The lowest BCUT2D eigenvalue weighted by Gasteiger charge is -2.00. The lowest BCUT2D eigenvalue weighted by molar-refractivity contribution is 0.732. The van der Waals surface area contributed by atoms with E-state index in [4.69, 9.17) is 6.42 Å². The van der Waals surface area contributed by atoms with E-state index >= 15 is 0 Å². The van der Waals surface area contributed by atoms with Crippen molar-refractivity contribution in [1.82, 2.24) is 15.1 Å². The standard InChI is InChI=1S/C11H15N3S/c1-3-6-15-7-5-12-8-11-9-13-14(4-2)10-11/h1,4,9-10,12H,2,5-8H2. The molecule has 4 heteroatoms. The molecule has 3 nitrogen and oxygen atoms in total. The summed E-state index contributed by atoms with van der Waals surface area (Å²) in [5.41, 5.74) is 1.16. The van der Waals surface area contributed by atoms with Gasteiger partial charge in [0.05, 0.1) is 11.9 Å². The van der Waals surface area contributed by atoms with Crippen LogP contribution < -0.4 is 5.32 Å². The Kier molecular flexibility index (Phi) is 5.67. The molecule has 15 heavy (non-hydrogen) atoms. The molecule has 0 aliphatic rings. The maximum atomic E-state index is 5.14. The molecule has 0 radical (unpaired) electrons. The van der Waals surface area contributed by atoms with Gasteiger partial charge in [-0.15, -0.1) is 18.2 Å². The van der Waals surface area contributed by atoms with Crippen molar-refractivity contribution in [3.05, 3.63) is 24.5 Å². The van der Waals surface area contributed by atoms with E-state index in [0.717, 1.165) is 30.2 Å². The number of hydrogen-bond acceptors (Lipinski definition) is 3. The van der Waals surface area contributed by atoms with Gasteiger partial charge in [-0.2, -0.15) is 5.10 Å². The van der Waals surface area contributed by atoms with Crippen LogP contribution in [0.4, 0.5) is 0 Å². The van der Waals surface area contributed by atoms with Gasteiger partial charge in [0.15, 0.2) is 0 Å². The van der Waals surface area contributed by atoms with Crippen LogP contribution in [0.3, 0.4) is 0 Å². The Morgan fingerprint density at radius 3 is 3.27 bits per heavy atom. The molecule has 0 fully saturated rings. The van der Waals surface area contributed by atoms with Crippen molar-refractivity contribution in [2.75, 3.05) is 18.1 Å². The van der Waals surface area contributed by atoms with E-state index < -0.39 is 0 Å². The Hall–Kier alpha value is -1.18. The molecule has 0 spiro atoms. The molecule has 1 aromatic rings. The van der Waals surface area contributed by atoms with Gasteiger partial charge in [0, 0.05) is 36.8 Å². The number of thioether (sulfide) groups is 1. The summed E-state index contributed by atoms with van der Waals surface area (Å²) in [6.07, 6.45) is 10.6. The maximum Gasteiger partial charge on any atom is 0.0545 e. The van der Waals surface area contributed by atoms with Crippen molar-refractivity contribution in [3.63, 3.8) is 0 Å². The summed E-state index contributed by atoms with van der Waals surface area (Å²) in [5, 5.41) is 7.41. The fourth-order valence-electron chi connectivity index (χ4n) is 1.08. The minimum Gasteiger partial charge on any atom is -0.312 e. The normalized spacial score (nSPS) is 9.80. The zero-order valence-electron chi connectivity index (χ0n) is 8.65. The fraction of sp³-hybridized carbons (Fsp3) is 0.364. The van der Waals surface area contributed by atoms with Gasteiger partial charge in [0.2, 0.25) is 0 Å². The highest BCUT2D eigenvalue weighted by Crippen LogP contribution is 1.98. The molecule has 0 unspecified atom stereocenters. The molecule has 1 N–H and O–H groups in total. The summed E-state index contributed by atoms with van der Waals surface area (Å²) in [6.45, 7) is 5.43. The SMILES string of the molecule is C#CCSCCNCc1cnn(C=C)c1. The summed E-state index contributed by atoms with van der Waals surface area (Å²) >= 11 is 1.76. The van der Waals surface area contributed by atoms with E-state index in [2.05, 4.69) is 22.9 Å². The predicted molar refractivity (Wildman–Crippen MR) is 66.5 cm³/mol. The minimum absolute atomic E-state index is 0.788. The molecule has 0 saturated heterocycles. The molecular formula is C11H15N3S. The molecule has 0 aliphatic carbocycles. The third-order valence-electron chi connectivity index (χ3n) is 1.78. The number of rotatable bonds is 7. The molecular weight excluding hydrogens is 206 g/mol. The number of nitrogens with one attached hydrogen (secondary N) is 1. The van der Waals surface area contributed by atoms with Gasteiger partial charge in [-0.25, -0.2) is 4.68 Å². The first-order chi connectivity index (χ1) is 7.36. The van der Waals surface area contributed by atoms with Crippen LogP contribution in [-0.4, -0.2) is 27.8 Å². The first kappa shape index (κ1) is 11.9. The maximum absolute atomic E-state index is 5.14. The lowest BCUT2D eigenvalue weighted by Crippen LogP contribution is -2.16. The Morgan fingerprint density at radius 2 is 2.60 bits per heavy atom. The summed E-state index contributed by atoms with van der Waals surface area (Å²) in [5.74, 6) is 4.43. The minimum atomic E-state index is 0.788. The average Bonchev–Trinajstić information content (AvgIpc) is 2.71. The molecule has 0 atom stereocenters. The van der Waals surface area contributed by atoms with Crippen LogP contribution in [0.25, 0.3) is 6.20 Å². The van der Waals surface area contributed by atoms with Crippen LogP contribution in [0.2, 0.25) is 0 Å². The summed E-state index contributed by atoms with van der Waals surface area (Å²) < 4.78 is 1.70. The van der Waals surface area contributed by atoms with Gasteiger partial charge in [0.25, 0.3) is 0 Å². The second-order valence-electron chi connectivity index (χ2n) is 2.94. The van der Waals surface area contributed by atoms with E-state index in [9.17, 15) is 0 Å². The molecule has 1 heterocycles. The van der Waals surface area contributed by atoms with Gasteiger partial charge < -0.3 is 5.32 Å². The number of terminal acetylenes is 1. The molecule has 80 valence electrons. The molecule has 0 saturated carbocycles. The molecule has 0 amide bonds. The van der Waals surface area contributed by atoms with E-state index in [1.54, 1.807) is 22.6 Å². The Bertz CT molecular complexity index is 338. The number of aromatic nitrogens is 2. The van der Waals surface area contributed by atoms with Crippen molar-refractivity contribution < 1.29 is 0 Å². The van der Waals surface area contributed by atoms with Gasteiger partial charge in [-0.1, -0.05) is 12.5 Å². The van der Waals surface area contributed by atoms with Crippen LogP contribution in [0.5, 0.6) is 0 Å². The third kappa shape index (κ3) is 4.73. The van der Waals surface area contributed by atoms with Crippen LogP contribution in [0, 0.1) is 12.3 Å². The zero-order chi connectivity index (χ0) is 10.9. The highest BCUT2D eigenvalue weighted by atomic mass is 32.2. The monoisotopic (exact) mass is 221 g/mol. The smallest absolute Gasteiger partial charge is 0.0545 e. The fourth-order valence-corrected chi connectivity index (χ4v) is 1.63. The van der Waals surface area contributed by atoms with E-state index in [0.29, 0.717) is 0 Å². The zero-order valence-corrected chi connectivity index (χ0v) is 9.46. The van der Waals surface area contributed by atoms with Gasteiger partial charge >= 0.3 is 0 Å². The van der Waals surface area contributed by atoms with Gasteiger partial charge in [0.1, 0.15) is 0 Å². The van der Waals surface area contributed by atoms with Crippen molar-refractivity contribution in [2.24, 2.45) is 0 Å². The van der Waals surface area contributed by atoms with E-state index in [1.165, 1.54) is 0 Å². The van der Waals surface area contributed by atoms with Crippen LogP contribution in [0.1, 0.15) is 5.56 Å². The third-order valence-corrected chi connectivity index (χ3v) is 2.64. The topological polar surface area (TPSA) is 29.9 Å². The molecule has 0 aromatic carbocycles. The van der Waals surface area contributed by atoms with Crippen LogP contribution in [0.15, 0.2) is 19.0 Å². The second-order valence-corrected chi connectivity index (χ2v) is 4.05. The number of hydrogen-bond donors (Lipinski definition) is 1. The van der Waals surface area contributed by atoms with Crippen molar-refractivity contribution in [2.45, 2.75) is 6.54 Å². The first-order valence-electron chi connectivity index (χ1n) is 4.74. The Labute approximate surface area is 94.9 Å². The molecule has 1 rings (SSSR count). The van der Waals surface area contributed by atoms with Gasteiger partial charge in [-0.05, 0) is 0 Å². The molecule has 0 bridgehead atoms. The Morgan fingerprint density at radius 1 is 1.73 bits per heavy atom. The van der Waals surface area contributed by atoms with Gasteiger partial charge in [-0.3, -0.25) is 0 Å². The lowest BCUT2D eigenvalue weighted by atomic mass is 10.3. The average molecular weight is 221 g/mol. The van der Waals surface area contributed by atoms with Crippen LogP contribution in [-0.2, 0) is 6.54 Å². The molecule has 1 aromatic heterocycles. The van der Waals surface area contributed by atoms with Crippen LogP contribution >= 0.6 is 11.8 Å². The van der Waals surface area contributed by atoms with Crippen molar-refractivity contribution >= 4 is 18.0 Å². The number of nitrogens with zero attached hydrogens (tertiary/aromatic N) is 2. The predicted octanol–water partition coefficient (Wildman–Crippen LogP) is 1.44. The summed E-state index contributed by atoms with van der Waals surface area (Å²) in [6, 6.07) is 0. The summed E-state index contributed by atoms with van der Waals surface area (Å²) in [7, 11) is 0. The largest absolute Gasteiger partial charge is 0.312 e. The second kappa shape index (κ2) is 7.16. The quantitative estimate of drug-likeness (QED) is 0.558. The Balaban J connectivity index is 2.10. The van der Waals surface area contributed by atoms with E-state index in [-0.39, 0.29) is 0 Å². The van der Waals surface area contributed by atoms with Crippen molar-refractivity contribution in [3.8, 4) is 12.3 Å². The summed E-state index contributed by atoms with van der Waals surface area (Å²) in [4.78, 5) is 0. The van der Waals surface area contributed by atoms with Crippen molar-refractivity contribution in [1.29, 1.82) is 0 Å². The van der Waals surface area contributed by atoms with E-state index in [1.807, 2.05) is 12.4 Å². The highest BCUT2D eigenvalue weighted by Gasteiger charge is 1.95.